The standard InChI is InChI=1S/C22H24N6/c1-28(2)18-6-4-17(5-7-18)27-22-19-11-15(3-8-21(19)25-14-26-22)20-13-24-10-9-16(20)12-23/h3,8-11,13-14,17-18H,4-7H2,1-2H3,(H,25,26,27)/t17-,18-. The molecule has 28 heavy (non-hydrogen) atoms. The average Bonchev–Trinajstić information content (AvgIpc) is 2.74. The Morgan fingerprint density at radius 2 is 1.93 bits per heavy atom. The van der Waals surface area contributed by atoms with Crippen molar-refractivity contribution in [1.29, 1.82) is 5.26 Å². The topological polar surface area (TPSA) is 77.7 Å². The monoisotopic (exact) mass is 372 g/mol. The van der Waals surface area contributed by atoms with Gasteiger partial charge in [0.2, 0.25) is 0 Å². The zero-order chi connectivity index (χ0) is 19.5. The molecule has 0 radical (unpaired) electrons. The third kappa shape index (κ3) is 3.67. The molecule has 6 heteroatoms. The molecule has 1 aliphatic carbocycles. The SMILES string of the molecule is CN(C)[C@H]1CC[C@H](Nc2ncnc3ccc(-c4cnccc4C#N)cc23)CC1. The fourth-order valence-corrected chi connectivity index (χ4v) is 3.99. The second kappa shape index (κ2) is 7.91. The van der Waals surface area contributed by atoms with Gasteiger partial charge in [0, 0.05) is 35.4 Å². The van der Waals surface area contributed by atoms with Crippen LogP contribution >= 0.6 is 0 Å². The van der Waals surface area contributed by atoms with Gasteiger partial charge in [-0.15, -0.1) is 0 Å². The minimum Gasteiger partial charge on any atom is -0.367 e. The Morgan fingerprint density at radius 1 is 1.11 bits per heavy atom. The smallest absolute Gasteiger partial charge is 0.137 e. The molecule has 1 aromatic carbocycles. The molecule has 142 valence electrons. The molecule has 1 saturated carbocycles. The maximum atomic E-state index is 9.41. The lowest BCUT2D eigenvalue weighted by Gasteiger charge is -2.33. The van der Waals surface area contributed by atoms with Gasteiger partial charge in [-0.1, -0.05) is 6.07 Å². The Morgan fingerprint density at radius 3 is 2.68 bits per heavy atom. The molecular formula is C22H24N6. The predicted octanol–water partition coefficient (Wildman–Crippen LogP) is 3.85. The van der Waals surface area contributed by atoms with Gasteiger partial charge in [0.25, 0.3) is 0 Å². The van der Waals surface area contributed by atoms with Crippen molar-refractivity contribution in [2.24, 2.45) is 0 Å². The van der Waals surface area contributed by atoms with E-state index in [1.807, 2.05) is 12.1 Å². The van der Waals surface area contributed by atoms with E-state index in [1.165, 1.54) is 12.8 Å². The summed E-state index contributed by atoms with van der Waals surface area (Å²) in [6.07, 6.45) is 9.65. The van der Waals surface area contributed by atoms with E-state index in [0.717, 1.165) is 40.7 Å². The molecule has 0 unspecified atom stereocenters. The van der Waals surface area contributed by atoms with Crippen LogP contribution in [0.15, 0.2) is 43.0 Å². The van der Waals surface area contributed by atoms with Gasteiger partial charge in [-0.25, -0.2) is 9.97 Å². The summed E-state index contributed by atoms with van der Waals surface area (Å²) in [6.45, 7) is 0. The summed E-state index contributed by atoms with van der Waals surface area (Å²) < 4.78 is 0. The van der Waals surface area contributed by atoms with E-state index >= 15 is 0 Å². The van der Waals surface area contributed by atoms with Crippen LogP contribution < -0.4 is 5.32 Å². The maximum absolute atomic E-state index is 9.41. The Kier molecular flexibility index (Phi) is 5.18. The van der Waals surface area contributed by atoms with E-state index in [1.54, 1.807) is 24.8 Å². The van der Waals surface area contributed by atoms with Crippen molar-refractivity contribution in [2.45, 2.75) is 37.8 Å². The van der Waals surface area contributed by atoms with Crippen LogP contribution in [0.2, 0.25) is 0 Å². The normalized spacial score (nSPS) is 19.5. The van der Waals surface area contributed by atoms with Crippen molar-refractivity contribution in [1.82, 2.24) is 19.9 Å². The molecule has 0 spiro atoms. The summed E-state index contributed by atoms with van der Waals surface area (Å²) in [7, 11) is 4.32. The molecule has 0 amide bonds. The highest BCUT2D eigenvalue weighted by Crippen LogP contribution is 2.30. The molecule has 0 atom stereocenters. The molecule has 3 aromatic rings. The van der Waals surface area contributed by atoms with Gasteiger partial charge in [-0.3, -0.25) is 4.98 Å². The number of nitriles is 1. The molecule has 6 nitrogen and oxygen atoms in total. The minimum atomic E-state index is 0.422. The van der Waals surface area contributed by atoms with E-state index in [9.17, 15) is 5.26 Å². The number of nitrogens with zero attached hydrogens (tertiary/aromatic N) is 5. The van der Waals surface area contributed by atoms with Crippen LogP contribution in [0.4, 0.5) is 5.82 Å². The van der Waals surface area contributed by atoms with Crippen LogP contribution in [0.5, 0.6) is 0 Å². The molecule has 1 N–H and O–H groups in total. The summed E-state index contributed by atoms with van der Waals surface area (Å²) >= 11 is 0. The number of aromatic nitrogens is 3. The molecule has 1 aliphatic rings. The van der Waals surface area contributed by atoms with Gasteiger partial charge in [-0.05, 0) is 63.5 Å². The lowest BCUT2D eigenvalue weighted by molar-refractivity contribution is 0.221. The van der Waals surface area contributed by atoms with Crippen molar-refractivity contribution in [3.63, 3.8) is 0 Å². The lowest BCUT2D eigenvalue weighted by atomic mass is 9.90. The summed E-state index contributed by atoms with van der Waals surface area (Å²) in [5.74, 6) is 0.863. The first-order valence-corrected chi connectivity index (χ1v) is 9.68. The minimum absolute atomic E-state index is 0.422. The third-order valence-corrected chi connectivity index (χ3v) is 5.66. The second-order valence-electron chi connectivity index (χ2n) is 7.60. The predicted molar refractivity (Wildman–Crippen MR) is 111 cm³/mol. The van der Waals surface area contributed by atoms with Gasteiger partial charge in [0.05, 0.1) is 17.1 Å². The van der Waals surface area contributed by atoms with Crippen molar-refractivity contribution in [3.8, 4) is 17.2 Å². The Labute approximate surface area is 165 Å². The number of benzene rings is 1. The third-order valence-electron chi connectivity index (χ3n) is 5.66. The molecule has 0 aliphatic heterocycles. The van der Waals surface area contributed by atoms with E-state index < -0.39 is 0 Å². The first-order chi connectivity index (χ1) is 13.7. The van der Waals surface area contributed by atoms with Crippen LogP contribution in [0, 0.1) is 11.3 Å². The molecule has 0 bridgehead atoms. The van der Waals surface area contributed by atoms with Gasteiger partial charge >= 0.3 is 0 Å². The first-order valence-electron chi connectivity index (χ1n) is 9.68. The quantitative estimate of drug-likeness (QED) is 0.749. The number of rotatable bonds is 4. The number of anilines is 1. The molecule has 0 saturated heterocycles. The van der Waals surface area contributed by atoms with Crippen molar-refractivity contribution >= 4 is 16.7 Å². The number of fused-ring (bicyclic) bond motifs is 1. The van der Waals surface area contributed by atoms with Gasteiger partial charge in [0.1, 0.15) is 12.1 Å². The summed E-state index contributed by atoms with van der Waals surface area (Å²) in [5, 5.41) is 14.0. The van der Waals surface area contributed by atoms with E-state index in [0.29, 0.717) is 17.6 Å². The van der Waals surface area contributed by atoms with Crippen LogP contribution in [0.1, 0.15) is 31.2 Å². The number of hydrogen-bond acceptors (Lipinski definition) is 6. The number of pyridine rings is 1. The Bertz CT molecular complexity index is 1010. The zero-order valence-electron chi connectivity index (χ0n) is 16.3. The van der Waals surface area contributed by atoms with Crippen molar-refractivity contribution < 1.29 is 0 Å². The zero-order valence-corrected chi connectivity index (χ0v) is 16.3. The Hall–Kier alpha value is -3.04. The summed E-state index contributed by atoms with van der Waals surface area (Å²) in [6, 6.07) is 11.1. The average molecular weight is 372 g/mol. The first kappa shape index (κ1) is 18.3. The molecule has 2 aromatic heterocycles. The highest BCUT2D eigenvalue weighted by molar-refractivity contribution is 5.93. The number of hydrogen-bond donors (Lipinski definition) is 1. The van der Waals surface area contributed by atoms with Crippen LogP contribution in [-0.4, -0.2) is 46.0 Å². The molecule has 4 rings (SSSR count). The Balaban J connectivity index is 1.64. The van der Waals surface area contributed by atoms with Crippen molar-refractivity contribution in [3.05, 3.63) is 48.5 Å². The molecule has 1 fully saturated rings. The summed E-state index contributed by atoms with van der Waals surface area (Å²) in [4.78, 5) is 15.4. The molecule has 2 heterocycles. The van der Waals surface area contributed by atoms with E-state index in [-0.39, 0.29) is 0 Å². The van der Waals surface area contributed by atoms with Gasteiger partial charge < -0.3 is 10.2 Å². The van der Waals surface area contributed by atoms with E-state index in [4.69, 9.17) is 0 Å². The fraction of sp³-hybridized carbons (Fsp3) is 0.364. The number of nitrogens with one attached hydrogen (secondary N) is 1. The highest BCUT2D eigenvalue weighted by atomic mass is 15.1. The maximum Gasteiger partial charge on any atom is 0.137 e. The lowest BCUT2D eigenvalue weighted by Crippen LogP contribution is -2.36. The van der Waals surface area contributed by atoms with E-state index in [2.05, 4.69) is 51.4 Å². The van der Waals surface area contributed by atoms with Crippen LogP contribution in [0.25, 0.3) is 22.0 Å². The largest absolute Gasteiger partial charge is 0.367 e. The van der Waals surface area contributed by atoms with Crippen LogP contribution in [-0.2, 0) is 0 Å². The van der Waals surface area contributed by atoms with Crippen LogP contribution in [0.3, 0.4) is 0 Å². The highest BCUT2D eigenvalue weighted by Gasteiger charge is 2.23. The van der Waals surface area contributed by atoms with Gasteiger partial charge in [-0.2, -0.15) is 5.26 Å². The summed E-state index contributed by atoms with van der Waals surface area (Å²) in [5.41, 5.74) is 3.29. The molecular weight excluding hydrogens is 348 g/mol. The van der Waals surface area contributed by atoms with Crippen molar-refractivity contribution in [2.75, 3.05) is 19.4 Å². The van der Waals surface area contributed by atoms with Gasteiger partial charge in [0.15, 0.2) is 0 Å². The fourth-order valence-electron chi connectivity index (χ4n) is 3.99. The second-order valence-corrected chi connectivity index (χ2v) is 7.60.